The molecule has 48 heavy (non-hydrogen) atoms. The van der Waals surface area contributed by atoms with E-state index >= 15 is 0 Å². The Bertz CT molecular complexity index is 2030. The normalized spacial score (nSPS) is 12.1. The monoisotopic (exact) mass is 633 g/mol. The fourth-order valence-electron chi connectivity index (χ4n) is 6.38. The molecular weight excluding hydrogens is 598 g/mol. The molecule has 0 radical (unpaired) electrons. The summed E-state index contributed by atoms with van der Waals surface area (Å²) < 4.78 is 9.24. The minimum Gasteiger partial charge on any atom is -0.382 e. The van der Waals surface area contributed by atoms with Crippen molar-refractivity contribution in [3.8, 4) is 11.3 Å². The van der Waals surface area contributed by atoms with Gasteiger partial charge in [0.2, 0.25) is 0 Å². The Kier molecular flexibility index (Phi) is 8.51. The maximum Gasteiger partial charge on any atom is 0.320 e. The van der Waals surface area contributed by atoms with Crippen LogP contribution in [0.1, 0.15) is 28.3 Å². The van der Waals surface area contributed by atoms with Crippen molar-refractivity contribution in [3.05, 3.63) is 168 Å². The van der Waals surface area contributed by atoms with Crippen molar-refractivity contribution in [2.24, 2.45) is 7.05 Å². The zero-order chi connectivity index (χ0) is 32.9. The van der Waals surface area contributed by atoms with Crippen molar-refractivity contribution in [1.82, 2.24) is 29.9 Å². The predicted molar refractivity (Wildman–Crippen MR) is 188 cm³/mol. The van der Waals surface area contributed by atoms with Crippen LogP contribution in [0.3, 0.4) is 0 Å². The molecule has 0 aliphatic rings. The predicted octanol–water partition coefficient (Wildman–Crippen LogP) is 7.18. The molecule has 1 unspecified atom stereocenters. The maximum atomic E-state index is 13.4. The molecule has 1 atom stereocenters. The number of rotatable bonds is 10. The fraction of sp³-hybridized carbons (Fsp3) is 0.128. The Hall–Kier alpha value is -6.06. The number of ether oxygens (including phenoxy) is 1. The molecule has 7 rings (SSSR count). The van der Waals surface area contributed by atoms with Gasteiger partial charge in [-0.2, -0.15) is 10.2 Å². The van der Waals surface area contributed by atoms with E-state index in [1.54, 1.807) is 24.2 Å². The van der Waals surface area contributed by atoms with Crippen molar-refractivity contribution in [2.75, 3.05) is 19.0 Å². The number of urea groups is 1. The largest absolute Gasteiger partial charge is 0.382 e. The number of aromatic nitrogens is 5. The lowest BCUT2D eigenvalue weighted by Crippen LogP contribution is -2.38. The summed E-state index contributed by atoms with van der Waals surface area (Å²) in [4.78, 5) is 18.1. The Morgan fingerprint density at radius 2 is 1.38 bits per heavy atom. The van der Waals surface area contributed by atoms with E-state index in [2.05, 4.69) is 56.8 Å². The van der Waals surface area contributed by atoms with Crippen LogP contribution < -0.4 is 10.6 Å². The molecule has 0 saturated carbocycles. The van der Waals surface area contributed by atoms with Gasteiger partial charge in [0.05, 0.1) is 24.4 Å². The quantitative estimate of drug-likeness (QED) is 0.156. The highest BCUT2D eigenvalue weighted by Gasteiger charge is 2.41. The van der Waals surface area contributed by atoms with Crippen LogP contribution in [0.2, 0.25) is 0 Å². The summed E-state index contributed by atoms with van der Waals surface area (Å²) in [6, 6.07) is 42.0. The number of nitrogens with zero attached hydrogens (tertiary/aromatic N) is 5. The molecule has 238 valence electrons. The SMILES string of the molecule is COCC(NC(=O)Nc1cc2c(cn1)c(-c1cnn(C)c1)nn2C(c1ccccc1)(c1ccccc1)c1ccccc1)c1ccccc1. The number of hydrogen-bond donors (Lipinski definition) is 2. The first kappa shape index (κ1) is 30.6. The Morgan fingerprint density at radius 3 is 1.90 bits per heavy atom. The van der Waals surface area contributed by atoms with Crippen LogP contribution in [0, 0.1) is 0 Å². The van der Waals surface area contributed by atoms with E-state index in [0.29, 0.717) is 12.4 Å². The van der Waals surface area contributed by atoms with Gasteiger partial charge in [-0.25, -0.2) is 14.5 Å². The third-order valence-corrected chi connectivity index (χ3v) is 8.52. The average Bonchev–Trinajstić information content (AvgIpc) is 3.74. The second-order valence-electron chi connectivity index (χ2n) is 11.6. The second kappa shape index (κ2) is 13.4. The fourth-order valence-corrected chi connectivity index (χ4v) is 6.38. The summed E-state index contributed by atoms with van der Waals surface area (Å²) in [5.74, 6) is 0.381. The molecule has 0 bridgehead atoms. The Balaban J connectivity index is 1.43. The molecule has 0 aliphatic heterocycles. The smallest absolute Gasteiger partial charge is 0.320 e. The van der Waals surface area contributed by atoms with Gasteiger partial charge >= 0.3 is 6.03 Å². The number of amides is 2. The van der Waals surface area contributed by atoms with Gasteiger partial charge in [0.25, 0.3) is 0 Å². The number of anilines is 1. The topological polar surface area (TPSA) is 98.9 Å². The Labute approximate surface area is 278 Å². The lowest BCUT2D eigenvalue weighted by Gasteiger charge is -2.37. The van der Waals surface area contributed by atoms with Crippen molar-refractivity contribution < 1.29 is 9.53 Å². The van der Waals surface area contributed by atoms with Gasteiger partial charge in [0.15, 0.2) is 0 Å². The van der Waals surface area contributed by atoms with Gasteiger partial charge in [-0.1, -0.05) is 121 Å². The summed E-state index contributed by atoms with van der Waals surface area (Å²) in [6.07, 6.45) is 5.52. The van der Waals surface area contributed by atoms with E-state index in [1.807, 2.05) is 104 Å². The van der Waals surface area contributed by atoms with Crippen LogP contribution in [0.15, 0.2) is 146 Å². The number of carbonyl (C=O) groups excluding carboxylic acids is 1. The number of hydrogen-bond acceptors (Lipinski definition) is 5. The minimum absolute atomic E-state index is 0.318. The number of aryl methyl sites for hydroxylation is 1. The molecule has 2 N–H and O–H groups in total. The van der Waals surface area contributed by atoms with E-state index in [1.165, 1.54) is 0 Å². The first-order valence-corrected chi connectivity index (χ1v) is 15.7. The number of pyridine rings is 1. The van der Waals surface area contributed by atoms with Gasteiger partial charge in [-0.15, -0.1) is 0 Å². The van der Waals surface area contributed by atoms with E-state index in [0.717, 1.165) is 44.4 Å². The van der Waals surface area contributed by atoms with Crippen LogP contribution in [0.25, 0.3) is 22.2 Å². The number of nitrogens with one attached hydrogen (secondary N) is 2. The van der Waals surface area contributed by atoms with Gasteiger partial charge < -0.3 is 10.1 Å². The van der Waals surface area contributed by atoms with E-state index < -0.39 is 11.6 Å². The zero-order valence-corrected chi connectivity index (χ0v) is 26.7. The van der Waals surface area contributed by atoms with Crippen molar-refractivity contribution in [1.29, 1.82) is 0 Å². The molecule has 9 nitrogen and oxygen atoms in total. The molecule has 0 spiro atoms. The van der Waals surface area contributed by atoms with E-state index in [9.17, 15) is 4.79 Å². The van der Waals surface area contributed by atoms with Crippen LogP contribution in [0.4, 0.5) is 10.6 Å². The maximum absolute atomic E-state index is 13.4. The molecule has 4 aromatic carbocycles. The molecular formula is C39H35N7O2. The molecule has 9 heteroatoms. The number of benzene rings is 4. The summed E-state index contributed by atoms with van der Waals surface area (Å²) in [7, 11) is 3.50. The van der Waals surface area contributed by atoms with Gasteiger partial charge in [0, 0.05) is 43.6 Å². The third-order valence-electron chi connectivity index (χ3n) is 8.52. The lowest BCUT2D eigenvalue weighted by molar-refractivity contribution is 0.168. The zero-order valence-electron chi connectivity index (χ0n) is 26.7. The van der Waals surface area contributed by atoms with Gasteiger partial charge in [-0.05, 0) is 22.3 Å². The first-order valence-electron chi connectivity index (χ1n) is 15.7. The van der Waals surface area contributed by atoms with Gasteiger partial charge in [-0.3, -0.25) is 10.00 Å². The van der Waals surface area contributed by atoms with Gasteiger partial charge in [0.1, 0.15) is 17.1 Å². The third kappa shape index (κ3) is 5.72. The van der Waals surface area contributed by atoms with Crippen LogP contribution in [-0.4, -0.2) is 44.3 Å². The van der Waals surface area contributed by atoms with Crippen molar-refractivity contribution in [2.45, 2.75) is 11.6 Å². The summed E-state index contributed by atoms with van der Waals surface area (Å²) >= 11 is 0. The van der Waals surface area contributed by atoms with E-state index in [-0.39, 0.29) is 6.04 Å². The van der Waals surface area contributed by atoms with Crippen LogP contribution in [0.5, 0.6) is 0 Å². The molecule has 0 saturated heterocycles. The number of carbonyl (C=O) groups is 1. The summed E-state index contributed by atoms with van der Waals surface area (Å²) in [6.45, 7) is 0.318. The van der Waals surface area contributed by atoms with E-state index in [4.69, 9.17) is 14.8 Å². The van der Waals surface area contributed by atoms with Crippen LogP contribution >= 0.6 is 0 Å². The van der Waals surface area contributed by atoms with Crippen molar-refractivity contribution >= 4 is 22.8 Å². The highest BCUT2D eigenvalue weighted by atomic mass is 16.5. The molecule has 3 heterocycles. The highest BCUT2D eigenvalue weighted by Crippen LogP contribution is 2.44. The highest BCUT2D eigenvalue weighted by molar-refractivity contribution is 5.96. The lowest BCUT2D eigenvalue weighted by atomic mass is 9.77. The second-order valence-corrected chi connectivity index (χ2v) is 11.6. The minimum atomic E-state index is -0.889. The molecule has 0 fully saturated rings. The van der Waals surface area contributed by atoms with Crippen molar-refractivity contribution in [3.63, 3.8) is 0 Å². The van der Waals surface area contributed by atoms with Crippen LogP contribution in [-0.2, 0) is 17.3 Å². The number of fused-ring (bicyclic) bond motifs is 1. The molecule has 0 aliphatic carbocycles. The number of methoxy groups -OCH3 is 1. The first-order chi connectivity index (χ1) is 23.6. The average molecular weight is 634 g/mol. The summed E-state index contributed by atoms with van der Waals surface area (Å²) in [5.41, 5.74) is 5.51. The summed E-state index contributed by atoms with van der Waals surface area (Å²) in [5, 5.41) is 16.7. The Morgan fingerprint density at radius 1 is 0.812 bits per heavy atom. The molecule has 2 amide bonds. The standard InChI is InChI=1S/C39H35N7O2/c1-45-26-29(24-41-45)37-33-25-40-36(43-38(47)42-34(27-48-2)28-15-7-3-8-16-28)23-35(33)46(44-37)39(30-17-9-4-10-18-30,31-19-11-5-12-20-31)32-21-13-6-14-22-32/h3-26,34H,27H2,1-2H3,(H2,40,42,43,47). The molecule has 7 aromatic rings. The molecule has 3 aromatic heterocycles.